The van der Waals surface area contributed by atoms with Crippen molar-refractivity contribution in [2.45, 2.75) is 39.5 Å². The van der Waals surface area contributed by atoms with Crippen LogP contribution in [0.25, 0.3) is 11.4 Å². The lowest BCUT2D eigenvalue weighted by molar-refractivity contribution is 0.859. The average Bonchev–Trinajstić information content (AvgIpc) is 2.40. The molecule has 18 heavy (non-hydrogen) atoms. The number of aryl methyl sites for hydroxylation is 2. The highest BCUT2D eigenvalue weighted by Gasteiger charge is 2.09. The maximum absolute atomic E-state index is 4.58. The van der Waals surface area contributed by atoms with E-state index in [2.05, 4.69) is 33.8 Å². The van der Waals surface area contributed by atoms with Crippen LogP contribution in [-0.4, -0.2) is 19.9 Å². The van der Waals surface area contributed by atoms with Gasteiger partial charge in [-0.25, -0.2) is 19.9 Å². The van der Waals surface area contributed by atoms with Crippen LogP contribution >= 0.6 is 0 Å². The van der Waals surface area contributed by atoms with Crippen molar-refractivity contribution in [3.63, 3.8) is 0 Å². The van der Waals surface area contributed by atoms with Gasteiger partial charge in [-0.05, 0) is 18.9 Å². The molecule has 0 aliphatic rings. The molecule has 2 rings (SSSR count). The highest BCUT2D eigenvalue weighted by atomic mass is 14.9. The molecule has 4 heteroatoms. The van der Waals surface area contributed by atoms with Gasteiger partial charge in [-0.15, -0.1) is 0 Å². The van der Waals surface area contributed by atoms with Gasteiger partial charge in [0.1, 0.15) is 6.33 Å². The van der Waals surface area contributed by atoms with Crippen molar-refractivity contribution in [2.24, 2.45) is 0 Å². The SMILES string of the molecule is CCCc1ccnc(-c2cncnc2CCC)n1. The van der Waals surface area contributed by atoms with Crippen molar-refractivity contribution in [1.82, 2.24) is 19.9 Å². The lowest BCUT2D eigenvalue weighted by atomic mass is 10.1. The van der Waals surface area contributed by atoms with Crippen LogP contribution in [0, 0.1) is 0 Å². The molecule has 0 atom stereocenters. The van der Waals surface area contributed by atoms with E-state index in [-0.39, 0.29) is 0 Å². The molecule has 0 aromatic carbocycles. The smallest absolute Gasteiger partial charge is 0.162 e. The van der Waals surface area contributed by atoms with E-state index in [4.69, 9.17) is 0 Å². The van der Waals surface area contributed by atoms with Crippen LogP contribution in [-0.2, 0) is 12.8 Å². The molecule has 4 nitrogen and oxygen atoms in total. The van der Waals surface area contributed by atoms with Gasteiger partial charge in [0.15, 0.2) is 5.82 Å². The Bertz CT molecular complexity index is 511. The Kier molecular flexibility index (Phi) is 4.34. The van der Waals surface area contributed by atoms with Crippen molar-refractivity contribution in [2.75, 3.05) is 0 Å². The van der Waals surface area contributed by atoms with Crippen LogP contribution in [0.4, 0.5) is 0 Å². The molecule has 0 aliphatic carbocycles. The highest BCUT2D eigenvalue weighted by Crippen LogP contribution is 2.18. The van der Waals surface area contributed by atoms with E-state index in [1.54, 1.807) is 6.33 Å². The molecule has 94 valence electrons. The van der Waals surface area contributed by atoms with Gasteiger partial charge in [0, 0.05) is 18.1 Å². The minimum Gasteiger partial charge on any atom is -0.244 e. The molecular weight excluding hydrogens is 224 g/mol. The molecular formula is C14H18N4. The minimum atomic E-state index is 0.741. The highest BCUT2D eigenvalue weighted by molar-refractivity contribution is 5.56. The molecule has 0 unspecified atom stereocenters. The number of hydrogen-bond donors (Lipinski definition) is 0. The van der Waals surface area contributed by atoms with Crippen LogP contribution in [0.3, 0.4) is 0 Å². The van der Waals surface area contributed by atoms with Crippen molar-refractivity contribution in [1.29, 1.82) is 0 Å². The molecule has 0 spiro atoms. The summed E-state index contributed by atoms with van der Waals surface area (Å²) in [7, 11) is 0. The third kappa shape index (κ3) is 2.88. The summed E-state index contributed by atoms with van der Waals surface area (Å²) in [6.45, 7) is 4.29. The van der Waals surface area contributed by atoms with Crippen LogP contribution < -0.4 is 0 Å². The molecule has 2 aromatic heterocycles. The summed E-state index contributed by atoms with van der Waals surface area (Å²) in [5.74, 6) is 0.741. The molecule has 0 N–H and O–H groups in total. The van der Waals surface area contributed by atoms with Crippen molar-refractivity contribution in [3.8, 4) is 11.4 Å². The van der Waals surface area contributed by atoms with Crippen LogP contribution in [0.5, 0.6) is 0 Å². The van der Waals surface area contributed by atoms with E-state index in [1.165, 1.54) is 0 Å². The summed E-state index contributed by atoms with van der Waals surface area (Å²) in [4.78, 5) is 17.3. The Morgan fingerprint density at radius 1 is 1.06 bits per heavy atom. The van der Waals surface area contributed by atoms with E-state index in [0.717, 1.165) is 48.5 Å². The molecule has 0 amide bonds. The molecule has 2 aromatic rings. The van der Waals surface area contributed by atoms with Gasteiger partial charge in [-0.1, -0.05) is 26.7 Å². The van der Waals surface area contributed by atoms with Gasteiger partial charge in [0.25, 0.3) is 0 Å². The maximum Gasteiger partial charge on any atom is 0.162 e. The Morgan fingerprint density at radius 3 is 2.67 bits per heavy atom. The molecule has 0 bridgehead atoms. The molecule has 0 aliphatic heterocycles. The predicted molar refractivity (Wildman–Crippen MR) is 71.0 cm³/mol. The van der Waals surface area contributed by atoms with E-state index in [0.29, 0.717) is 0 Å². The molecule has 0 fully saturated rings. The Balaban J connectivity index is 2.38. The first-order valence-corrected chi connectivity index (χ1v) is 6.46. The number of nitrogens with zero attached hydrogens (tertiary/aromatic N) is 4. The van der Waals surface area contributed by atoms with Gasteiger partial charge in [-0.3, -0.25) is 0 Å². The Hall–Kier alpha value is -1.84. The van der Waals surface area contributed by atoms with Crippen LogP contribution in [0.15, 0.2) is 24.8 Å². The Morgan fingerprint density at radius 2 is 1.89 bits per heavy atom. The lowest BCUT2D eigenvalue weighted by Crippen LogP contribution is -2.00. The quantitative estimate of drug-likeness (QED) is 0.809. The summed E-state index contributed by atoms with van der Waals surface area (Å²) in [5.41, 5.74) is 3.06. The van der Waals surface area contributed by atoms with Gasteiger partial charge in [0.05, 0.1) is 11.3 Å². The van der Waals surface area contributed by atoms with E-state index in [9.17, 15) is 0 Å². The zero-order valence-corrected chi connectivity index (χ0v) is 10.9. The fourth-order valence-electron chi connectivity index (χ4n) is 1.90. The Labute approximate surface area is 108 Å². The fourth-order valence-corrected chi connectivity index (χ4v) is 1.90. The third-order valence-corrected chi connectivity index (χ3v) is 2.74. The zero-order chi connectivity index (χ0) is 12.8. The number of rotatable bonds is 5. The second-order valence-corrected chi connectivity index (χ2v) is 4.25. The maximum atomic E-state index is 4.58. The average molecular weight is 242 g/mol. The first-order chi connectivity index (χ1) is 8.85. The second kappa shape index (κ2) is 6.19. The van der Waals surface area contributed by atoms with Crippen molar-refractivity contribution < 1.29 is 0 Å². The first-order valence-electron chi connectivity index (χ1n) is 6.46. The summed E-state index contributed by atoms with van der Waals surface area (Å²) in [6.07, 6.45) is 9.26. The van der Waals surface area contributed by atoms with E-state index in [1.807, 2.05) is 18.5 Å². The largest absolute Gasteiger partial charge is 0.244 e. The predicted octanol–water partition coefficient (Wildman–Crippen LogP) is 2.84. The first kappa shape index (κ1) is 12.6. The van der Waals surface area contributed by atoms with Gasteiger partial charge < -0.3 is 0 Å². The standard InChI is InChI=1S/C14H18N4/c1-3-5-11-7-8-16-14(18-11)12-9-15-10-17-13(12)6-4-2/h7-10H,3-6H2,1-2H3. The van der Waals surface area contributed by atoms with E-state index >= 15 is 0 Å². The van der Waals surface area contributed by atoms with Crippen LogP contribution in [0.2, 0.25) is 0 Å². The van der Waals surface area contributed by atoms with Gasteiger partial charge >= 0.3 is 0 Å². The summed E-state index contributed by atoms with van der Waals surface area (Å²) in [6, 6.07) is 1.97. The molecule has 2 heterocycles. The zero-order valence-electron chi connectivity index (χ0n) is 10.9. The van der Waals surface area contributed by atoms with E-state index < -0.39 is 0 Å². The summed E-state index contributed by atoms with van der Waals surface area (Å²) in [5, 5.41) is 0. The topological polar surface area (TPSA) is 51.6 Å². The second-order valence-electron chi connectivity index (χ2n) is 4.25. The minimum absolute atomic E-state index is 0.741. The third-order valence-electron chi connectivity index (χ3n) is 2.74. The molecule has 0 saturated heterocycles. The number of aromatic nitrogens is 4. The summed E-state index contributed by atoms with van der Waals surface area (Å²) >= 11 is 0. The van der Waals surface area contributed by atoms with Crippen molar-refractivity contribution >= 4 is 0 Å². The summed E-state index contributed by atoms with van der Waals surface area (Å²) < 4.78 is 0. The number of hydrogen-bond acceptors (Lipinski definition) is 4. The molecule has 0 saturated carbocycles. The fraction of sp³-hybridized carbons (Fsp3) is 0.429. The monoisotopic (exact) mass is 242 g/mol. The van der Waals surface area contributed by atoms with Gasteiger partial charge in [-0.2, -0.15) is 0 Å². The van der Waals surface area contributed by atoms with Gasteiger partial charge in [0.2, 0.25) is 0 Å². The lowest BCUT2D eigenvalue weighted by Gasteiger charge is -2.06. The molecule has 0 radical (unpaired) electrons. The normalized spacial score (nSPS) is 10.6. The van der Waals surface area contributed by atoms with Crippen LogP contribution in [0.1, 0.15) is 38.1 Å². The van der Waals surface area contributed by atoms with Crippen molar-refractivity contribution in [3.05, 3.63) is 36.2 Å².